The van der Waals surface area contributed by atoms with E-state index < -0.39 is 0 Å². The molecule has 0 aliphatic carbocycles. The lowest BCUT2D eigenvalue weighted by Gasteiger charge is -2.33. The molecule has 0 aromatic heterocycles. The summed E-state index contributed by atoms with van der Waals surface area (Å²) in [6.45, 7) is 6.76. The van der Waals surface area contributed by atoms with Crippen molar-refractivity contribution in [1.82, 2.24) is 15.1 Å². The summed E-state index contributed by atoms with van der Waals surface area (Å²) in [4.78, 5) is 28.5. The number of rotatable bonds is 9. The second-order valence-electron chi connectivity index (χ2n) is 7.48. The number of hydrogen-bond donors (Lipinski definition) is 2. The van der Waals surface area contributed by atoms with E-state index in [4.69, 9.17) is 4.74 Å². The van der Waals surface area contributed by atoms with E-state index in [2.05, 4.69) is 20.4 Å². The lowest BCUT2D eigenvalue weighted by Crippen LogP contribution is -2.51. The molecule has 1 saturated heterocycles. The van der Waals surface area contributed by atoms with Crippen molar-refractivity contribution < 1.29 is 14.3 Å². The van der Waals surface area contributed by atoms with Gasteiger partial charge in [-0.05, 0) is 36.8 Å². The SMILES string of the molecule is Cc1cccc(OCCNC(=O)CN2CCN(CC(=O)Nc3ccccc3)CC2)c1. The molecule has 1 heterocycles. The van der Waals surface area contributed by atoms with Crippen LogP contribution in [0.2, 0.25) is 0 Å². The standard InChI is InChI=1S/C23H30N4O3/c1-19-6-5-9-21(16-19)30-15-10-24-22(28)17-26-11-13-27(14-12-26)18-23(29)25-20-7-3-2-4-8-20/h2-9,16H,10-15,17-18H2,1H3,(H,24,28)(H,25,29). The van der Waals surface area contributed by atoms with Gasteiger partial charge in [0.1, 0.15) is 12.4 Å². The van der Waals surface area contributed by atoms with Crippen LogP contribution in [0.25, 0.3) is 0 Å². The number of nitrogens with zero attached hydrogens (tertiary/aromatic N) is 2. The van der Waals surface area contributed by atoms with E-state index in [1.807, 2.05) is 61.5 Å². The number of hydrogen-bond acceptors (Lipinski definition) is 5. The maximum Gasteiger partial charge on any atom is 0.238 e. The highest BCUT2D eigenvalue weighted by Crippen LogP contribution is 2.11. The summed E-state index contributed by atoms with van der Waals surface area (Å²) >= 11 is 0. The van der Waals surface area contributed by atoms with Gasteiger partial charge in [0.05, 0.1) is 19.6 Å². The minimum Gasteiger partial charge on any atom is -0.492 e. The summed E-state index contributed by atoms with van der Waals surface area (Å²) in [7, 11) is 0. The van der Waals surface area contributed by atoms with Crippen LogP contribution in [-0.2, 0) is 9.59 Å². The van der Waals surface area contributed by atoms with Gasteiger partial charge in [0, 0.05) is 31.9 Å². The molecule has 2 aromatic carbocycles. The highest BCUT2D eigenvalue weighted by atomic mass is 16.5. The molecule has 1 fully saturated rings. The summed E-state index contributed by atoms with van der Waals surface area (Å²) in [5.74, 6) is 0.802. The lowest BCUT2D eigenvalue weighted by atomic mass is 10.2. The normalized spacial score (nSPS) is 14.8. The molecule has 2 N–H and O–H groups in total. The molecule has 0 spiro atoms. The second-order valence-corrected chi connectivity index (χ2v) is 7.48. The van der Waals surface area contributed by atoms with Crippen LogP contribution in [0.15, 0.2) is 54.6 Å². The van der Waals surface area contributed by atoms with Crippen LogP contribution >= 0.6 is 0 Å². The second kappa shape index (κ2) is 11.3. The number of amides is 2. The fourth-order valence-electron chi connectivity index (χ4n) is 3.35. The Bertz CT molecular complexity index is 820. The van der Waals surface area contributed by atoms with Gasteiger partial charge in [-0.25, -0.2) is 0 Å². The third kappa shape index (κ3) is 7.50. The predicted molar refractivity (Wildman–Crippen MR) is 118 cm³/mol. The molecule has 1 aliphatic heterocycles. The smallest absolute Gasteiger partial charge is 0.238 e. The van der Waals surface area contributed by atoms with Crippen molar-refractivity contribution in [2.24, 2.45) is 0 Å². The van der Waals surface area contributed by atoms with Crippen molar-refractivity contribution in [1.29, 1.82) is 0 Å². The van der Waals surface area contributed by atoms with E-state index in [0.29, 0.717) is 26.2 Å². The Kier molecular flexibility index (Phi) is 8.23. The summed E-state index contributed by atoms with van der Waals surface area (Å²) < 4.78 is 5.65. The Morgan fingerprint density at radius 3 is 2.23 bits per heavy atom. The van der Waals surface area contributed by atoms with Gasteiger partial charge < -0.3 is 15.4 Å². The number of aryl methyl sites for hydroxylation is 1. The molecule has 3 rings (SSSR count). The molecule has 0 atom stereocenters. The molecule has 1 aliphatic rings. The Balaban J connectivity index is 1.27. The van der Waals surface area contributed by atoms with E-state index >= 15 is 0 Å². The third-order valence-corrected chi connectivity index (χ3v) is 4.94. The van der Waals surface area contributed by atoms with Gasteiger partial charge in [0.25, 0.3) is 0 Å². The minimum atomic E-state index is -0.0130. The number of carbonyl (C=O) groups is 2. The van der Waals surface area contributed by atoms with Crippen LogP contribution in [0.3, 0.4) is 0 Å². The van der Waals surface area contributed by atoms with E-state index in [1.54, 1.807) is 0 Å². The molecule has 7 nitrogen and oxygen atoms in total. The lowest BCUT2D eigenvalue weighted by molar-refractivity contribution is -0.123. The van der Waals surface area contributed by atoms with Crippen LogP contribution in [-0.4, -0.2) is 74.0 Å². The van der Waals surface area contributed by atoms with Gasteiger partial charge in [0.2, 0.25) is 11.8 Å². The van der Waals surface area contributed by atoms with E-state index in [0.717, 1.165) is 43.2 Å². The molecule has 0 radical (unpaired) electrons. The van der Waals surface area contributed by atoms with Crippen molar-refractivity contribution >= 4 is 17.5 Å². The monoisotopic (exact) mass is 410 g/mol. The fraction of sp³-hybridized carbons (Fsp3) is 0.391. The zero-order valence-electron chi connectivity index (χ0n) is 17.5. The number of para-hydroxylation sites is 1. The third-order valence-electron chi connectivity index (χ3n) is 4.94. The van der Waals surface area contributed by atoms with Gasteiger partial charge in [-0.1, -0.05) is 30.3 Å². The van der Waals surface area contributed by atoms with Crippen molar-refractivity contribution in [2.45, 2.75) is 6.92 Å². The molecule has 2 amide bonds. The first-order chi connectivity index (χ1) is 14.6. The van der Waals surface area contributed by atoms with Gasteiger partial charge >= 0.3 is 0 Å². The number of anilines is 1. The maximum atomic E-state index is 12.2. The van der Waals surface area contributed by atoms with Crippen LogP contribution < -0.4 is 15.4 Å². The average molecular weight is 411 g/mol. The van der Waals surface area contributed by atoms with Crippen molar-refractivity contribution in [3.8, 4) is 5.75 Å². The van der Waals surface area contributed by atoms with Crippen molar-refractivity contribution in [3.63, 3.8) is 0 Å². The Morgan fingerprint density at radius 2 is 1.57 bits per heavy atom. The van der Waals surface area contributed by atoms with Gasteiger partial charge in [-0.15, -0.1) is 0 Å². The van der Waals surface area contributed by atoms with E-state index in [-0.39, 0.29) is 11.8 Å². The first kappa shape index (κ1) is 21.8. The maximum absolute atomic E-state index is 12.2. The molecule has 0 bridgehead atoms. The molecule has 160 valence electrons. The van der Waals surface area contributed by atoms with Gasteiger partial charge in [-0.3, -0.25) is 19.4 Å². The van der Waals surface area contributed by atoms with Crippen LogP contribution in [0.4, 0.5) is 5.69 Å². The minimum absolute atomic E-state index is 0.00175. The molecular formula is C23H30N4O3. The quantitative estimate of drug-likeness (QED) is 0.616. The topological polar surface area (TPSA) is 73.9 Å². The number of ether oxygens (including phenoxy) is 1. The number of benzene rings is 2. The number of carbonyl (C=O) groups excluding carboxylic acids is 2. The Morgan fingerprint density at radius 1 is 0.900 bits per heavy atom. The Hall–Kier alpha value is -2.90. The van der Waals surface area contributed by atoms with Crippen LogP contribution in [0.5, 0.6) is 5.75 Å². The summed E-state index contributed by atoms with van der Waals surface area (Å²) in [5.41, 5.74) is 1.96. The first-order valence-corrected chi connectivity index (χ1v) is 10.3. The zero-order chi connectivity index (χ0) is 21.2. The van der Waals surface area contributed by atoms with Crippen molar-refractivity contribution in [3.05, 3.63) is 60.2 Å². The van der Waals surface area contributed by atoms with Crippen LogP contribution in [0, 0.1) is 6.92 Å². The number of nitrogens with one attached hydrogen (secondary N) is 2. The average Bonchev–Trinajstić information content (AvgIpc) is 2.73. The number of piperazine rings is 1. The Labute approximate surface area is 178 Å². The zero-order valence-corrected chi connectivity index (χ0v) is 17.5. The summed E-state index contributed by atoms with van der Waals surface area (Å²) in [5, 5.41) is 5.81. The largest absolute Gasteiger partial charge is 0.492 e. The summed E-state index contributed by atoms with van der Waals surface area (Å²) in [6.07, 6.45) is 0. The van der Waals surface area contributed by atoms with E-state index in [9.17, 15) is 9.59 Å². The van der Waals surface area contributed by atoms with E-state index in [1.165, 1.54) is 0 Å². The first-order valence-electron chi connectivity index (χ1n) is 10.3. The van der Waals surface area contributed by atoms with Crippen molar-refractivity contribution in [2.75, 3.05) is 57.7 Å². The van der Waals surface area contributed by atoms with Gasteiger partial charge in [-0.2, -0.15) is 0 Å². The molecular weight excluding hydrogens is 380 g/mol. The molecule has 0 unspecified atom stereocenters. The highest BCUT2D eigenvalue weighted by Gasteiger charge is 2.20. The summed E-state index contributed by atoms with van der Waals surface area (Å²) in [6, 6.07) is 17.3. The van der Waals surface area contributed by atoms with Gasteiger partial charge in [0.15, 0.2) is 0 Å². The fourth-order valence-corrected chi connectivity index (χ4v) is 3.35. The molecule has 30 heavy (non-hydrogen) atoms. The highest BCUT2D eigenvalue weighted by molar-refractivity contribution is 5.92. The molecule has 7 heteroatoms. The predicted octanol–water partition coefficient (Wildman–Crippen LogP) is 1.75. The van der Waals surface area contributed by atoms with Crippen LogP contribution in [0.1, 0.15) is 5.56 Å². The molecule has 0 saturated carbocycles. The molecule has 2 aromatic rings.